The third-order valence-electron chi connectivity index (χ3n) is 4.44. The molecule has 2 aromatic rings. The number of rotatable bonds is 4. The van der Waals surface area contributed by atoms with Gasteiger partial charge in [-0.1, -0.05) is 47.5 Å². The fraction of sp³-hybridized carbons (Fsp3) is 0.300. The SMILES string of the molecule is Cc1ccc(CCC(=O)[C@@H]2Cc3ccc(C)cc3C2=O)cc1. The smallest absolute Gasteiger partial charge is 0.173 e. The molecular formula is C20H20O2. The Morgan fingerprint density at radius 1 is 1.05 bits per heavy atom. The van der Waals surface area contributed by atoms with Crippen molar-refractivity contribution in [3.63, 3.8) is 0 Å². The van der Waals surface area contributed by atoms with Crippen LogP contribution in [0.4, 0.5) is 0 Å². The third-order valence-corrected chi connectivity index (χ3v) is 4.44. The summed E-state index contributed by atoms with van der Waals surface area (Å²) in [6.07, 6.45) is 1.71. The van der Waals surface area contributed by atoms with Gasteiger partial charge in [0, 0.05) is 12.0 Å². The topological polar surface area (TPSA) is 34.1 Å². The van der Waals surface area contributed by atoms with E-state index in [1.165, 1.54) is 5.56 Å². The zero-order chi connectivity index (χ0) is 15.7. The van der Waals surface area contributed by atoms with E-state index in [0.717, 1.165) is 22.3 Å². The van der Waals surface area contributed by atoms with E-state index >= 15 is 0 Å². The van der Waals surface area contributed by atoms with Crippen LogP contribution in [-0.4, -0.2) is 11.6 Å². The molecule has 22 heavy (non-hydrogen) atoms. The molecular weight excluding hydrogens is 272 g/mol. The normalized spacial score (nSPS) is 16.6. The highest BCUT2D eigenvalue weighted by molar-refractivity contribution is 6.14. The van der Waals surface area contributed by atoms with Gasteiger partial charge in [0.15, 0.2) is 5.78 Å². The zero-order valence-corrected chi connectivity index (χ0v) is 13.1. The molecule has 1 atom stereocenters. The van der Waals surface area contributed by atoms with Gasteiger partial charge in [0.1, 0.15) is 5.78 Å². The minimum absolute atomic E-state index is 0.00704. The van der Waals surface area contributed by atoms with Crippen molar-refractivity contribution in [3.05, 3.63) is 70.3 Å². The Hall–Kier alpha value is -2.22. The van der Waals surface area contributed by atoms with Crippen LogP contribution in [0.2, 0.25) is 0 Å². The van der Waals surface area contributed by atoms with E-state index in [9.17, 15) is 9.59 Å². The lowest BCUT2D eigenvalue weighted by Crippen LogP contribution is -2.21. The average Bonchev–Trinajstić information content (AvgIpc) is 2.83. The Balaban J connectivity index is 1.67. The average molecular weight is 292 g/mol. The molecule has 0 saturated heterocycles. The molecule has 0 saturated carbocycles. The third kappa shape index (κ3) is 2.87. The van der Waals surface area contributed by atoms with E-state index in [2.05, 4.69) is 24.3 Å². The highest BCUT2D eigenvalue weighted by Crippen LogP contribution is 2.29. The van der Waals surface area contributed by atoms with E-state index in [1.54, 1.807) is 0 Å². The standard InChI is InChI=1S/C20H20O2/c1-13-3-6-15(7-4-13)8-10-19(21)18-12-16-9-5-14(2)11-17(16)20(18)22/h3-7,9,11,18H,8,10,12H2,1-2H3/t18-/m0/s1. The number of Topliss-reactive ketones (excluding diaryl/α,β-unsaturated/α-hetero) is 2. The summed E-state index contributed by atoms with van der Waals surface area (Å²) in [5, 5.41) is 0. The van der Waals surface area contributed by atoms with Crippen molar-refractivity contribution in [2.75, 3.05) is 0 Å². The largest absolute Gasteiger partial charge is 0.299 e. The van der Waals surface area contributed by atoms with Gasteiger partial charge in [-0.3, -0.25) is 9.59 Å². The molecule has 2 nitrogen and oxygen atoms in total. The number of carbonyl (C=O) groups is 2. The first kappa shape index (κ1) is 14.7. The molecule has 0 unspecified atom stereocenters. The minimum Gasteiger partial charge on any atom is -0.299 e. The van der Waals surface area contributed by atoms with Crippen molar-refractivity contribution in [1.82, 2.24) is 0 Å². The summed E-state index contributed by atoms with van der Waals surface area (Å²) in [4.78, 5) is 24.9. The Morgan fingerprint density at radius 3 is 2.45 bits per heavy atom. The lowest BCUT2D eigenvalue weighted by Gasteiger charge is -2.07. The van der Waals surface area contributed by atoms with Crippen LogP contribution in [0.15, 0.2) is 42.5 Å². The second kappa shape index (κ2) is 5.88. The first-order valence-electron chi connectivity index (χ1n) is 7.76. The zero-order valence-electron chi connectivity index (χ0n) is 13.1. The summed E-state index contributed by atoms with van der Waals surface area (Å²) in [6, 6.07) is 14.1. The van der Waals surface area contributed by atoms with Crippen LogP contribution in [0.3, 0.4) is 0 Å². The number of hydrogen-bond donors (Lipinski definition) is 0. The number of aryl methyl sites for hydroxylation is 3. The number of fused-ring (bicyclic) bond motifs is 1. The molecule has 0 N–H and O–H groups in total. The summed E-state index contributed by atoms with van der Waals surface area (Å²) in [7, 11) is 0. The lowest BCUT2D eigenvalue weighted by molar-refractivity contribution is -0.121. The molecule has 2 aromatic carbocycles. The van der Waals surface area contributed by atoms with Gasteiger partial charge in [0.2, 0.25) is 0 Å². The molecule has 0 heterocycles. The van der Waals surface area contributed by atoms with Gasteiger partial charge in [-0.2, -0.15) is 0 Å². The number of hydrogen-bond acceptors (Lipinski definition) is 2. The molecule has 1 aliphatic rings. The molecule has 0 fully saturated rings. The Kier molecular flexibility index (Phi) is 3.93. The summed E-state index contributed by atoms with van der Waals surface area (Å²) in [5.74, 6) is -0.394. The van der Waals surface area contributed by atoms with Crippen molar-refractivity contribution in [3.8, 4) is 0 Å². The van der Waals surface area contributed by atoms with E-state index in [-0.39, 0.29) is 11.6 Å². The number of ketones is 2. The Labute approximate surface area is 131 Å². The predicted octanol–water partition coefficient (Wildman–Crippen LogP) is 3.86. The van der Waals surface area contributed by atoms with Crippen LogP contribution in [0.1, 0.15) is 39.0 Å². The van der Waals surface area contributed by atoms with Crippen molar-refractivity contribution in [2.24, 2.45) is 5.92 Å². The van der Waals surface area contributed by atoms with Crippen LogP contribution in [0.25, 0.3) is 0 Å². The van der Waals surface area contributed by atoms with Gasteiger partial charge in [-0.25, -0.2) is 0 Å². The quantitative estimate of drug-likeness (QED) is 0.802. The highest BCUT2D eigenvalue weighted by atomic mass is 16.2. The van der Waals surface area contributed by atoms with E-state index in [4.69, 9.17) is 0 Å². The molecule has 0 aromatic heterocycles. The molecule has 1 aliphatic carbocycles. The van der Waals surface area contributed by atoms with E-state index < -0.39 is 5.92 Å². The summed E-state index contributed by atoms with van der Waals surface area (Å²) in [6.45, 7) is 4.02. The second-order valence-corrected chi connectivity index (χ2v) is 6.23. The second-order valence-electron chi connectivity index (χ2n) is 6.23. The van der Waals surface area contributed by atoms with Crippen molar-refractivity contribution >= 4 is 11.6 Å². The van der Waals surface area contributed by atoms with Crippen molar-refractivity contribution in [1.29, 1.82) is 0 Å². The molecule has 0 bridgehead atoms. The molecule has 3 rings (SSSR count). The van der Waals surface area contributed by atoms with Crippen LogP contribution >= 0.6 is 0 Å². The monoisotopic (exact) mass is 292 g/mol. The Morgan fingerprint density at radius 2 is 1.73 bits per heavy atom. The van der Waals surface area contributed by atoms with Crippen molar-refractivity contribution < 1.29 is 9.59 Å². The number of carbonyl (C=O) groups excluding carboxylic acids is 2. The van der Waals surface area contributed by atoms with Crippen molar-refractivity contribution in [2.45, 2.75) is 33.1 Å². The van der Waals surface area contributed by atoms with Gasteiger partial charge in [-0.15, -0.1) is 0 Å². The first-order valence-corrected chi connectivity index (χ1v) is 7.76. The summed E-state index contributed by atoms with van der Waals surface area (Å²) < 4.78 is 0. The molecule has 2 heteroatoms. The highest BCUT2D eigenvalue weighted by Gasteiger charge is 2.34. The van der Waals surface area contributed by atoms with E-state index in [1.807, 2.05) is 32.0 Å². The maximum Gasteiger partial charge on any atom is 0.173 e. The molecule has 0 radical (unpaired) electrons. The minimum atomic E-state index is -0.470. The fourth-order valence-electron chi connectivity index (χ4n) is 3.05. The van der Waals surface area contributed by atoms with Gasteiger partial charge in [-0.05, 0) is 43.9 Å². The predicted molar refractivity (Wildman–Crippen MR) is 87.2 cm³/mol. The van der Waals surface area contributed by atoms with Crippen LogP contribution < -0.4 is 0 Å². The van der Waals surface area contributed by atoms with Gasteiger partial charge < -0.3 is 0 Å². The first-order chi connectivity index (χ1) is 10.5. The molecule has 0 spiro atoms. The Bertz CT molecular complexity index is 726. The summed E-state index contributed by atoms with van der Waals surface area (Å²) in [5.41, 5.74) is 5.20. The van der Waals surface area contributed by atoms with Crippen LogP contribution in [-0.2, 0) is 17.6 Å². The van der Waals surface area contributed by atoms with Gasteiger partial charge in [0.25, 0.3) is 0 Å². The van der Waals surface area contributed by atoms with Crippen LogP contribution in [0, 0.1) is 19.8 Å². The fourth-order valence-corrected chi connectivity index (χ4v) is 3.05. The lowest BCUT2D eigenvalue weighted by atomic mass is 9.94. The maximum absolute atomic E-state index is 12.4. The van der Waals surface area contributed by atoms with Gasteiger partial charge in [0.05, 0.1) is 5.92 Å². The van der Waals surface area contributed by atoms with E-state index in [0.29, 0.717) is 19.3 Å². The molecule has 0 aliphatic heterocycles. The van der Waals surface area contributed by atoms with Gasteiger partial charge >= 0.3 is 0 Å². The number of benzene rings is 2. The molecule has 112 valence electrons. The molecule has 0 amide bonds. The summed E-state index contributed by atoms with van der Waals surface area (Å²) >= 11 is 0. The van der Waals surface area contributed by atoms with Crippen LogP contribution in [0.5, 0.6) is 0 Å². The maximum atomic E-state index is 12.4.